The summed E-state index contributed by atoms with van der Waals surface area (Å²) in [7, 11) is 3.61. The maximum absolute atomic E-state index is 12.4. The lowest BCUT2D eigenvalue weighted by molar-refractivity contribution is 0.0709. The van der Waals surface area contributed by atoms with Gasteiger partial charge < -0.3 is 21.3 Å². The van der Waals surface area contributed by atoms with E-state index in [-0.39, 0.29) is 5.91 Å². The average molecular weight is 269 g/mol. The van der Waals surface area contributed by atoms with Crippen molar-refractivity contribution in [2.75, 3.05) is 38.2 Å². The Morgan fingerprint density at radius 2 is 2.22 bits per heavy atom. The Morgan fingerprint density at radius 1 is 1.56 bits per heavy atom. The summed E-state index contributed by atoms with van der Waals surface area (Å²) in [5.74, 6) is 0.286. The van der Waals surface area contributed by atoms with Gasteiger partial charge in [0.25, 0.3) is 5.91 Å². The third kappa shape index (κ3) is 2.56. The quantitative estimate of drug-likeness (QED) is 0.748. The highest BCUT2D eigenvalue weighted by Crippen LogP contribution is 2.26. The molecule has 100 valence electrons. The molecule has 0 aromatic carbocycles. The van der Waals surface area contributed by atoms with Crippen molar-refractivity contribution in [1.29, 1.82) is 0 Å². The number of hydrogen-bond acceptors (Lipinski definition) is 6. The first kappa shape index (κ1) is 13.1. The summed E-state index contributed by atoms with van der Waals surface area (Å²) in [6.45, 7) is 1.92. The van der Waals surface area contributed by atoms with E-state index < -0.39 is 0 Å². The minimum absolute atomic E-state index is 0.0293. The van der Waals surface area contributed by atoms with E-state index in [1.807, 2.05) is 7.05 Å². The minimum Gasteiger partial charge on any atom is -0.382 e. The van der Waals surface area contributed by atoms with Gasteiger partial charge in [-0.2, -0.15) is 0 Å². The predicted molar refractivity (Wildman–Crippen MR) is 74.1 cm³/mol. The fraction of sp³-hybridized carbons (Fsp3) is 0.636. The van der Waals surface area contributed by atoms with E-state index in [2.05, 4.69) is 15.6 Å². The van der Waals surface area contributed by atoms with Crippen molar-refractivity contribution in [3.8, 4) is 0 Å². The van der Waals surface area contributed by atoms with Gasteiger partial charge in [-0.05, 0) is 25.9 Å². The third-order valence-electron chi connectivity index (χ3n) is 3.24. The summed E-state index contributed by atoms with van der Waals surface area (Å²) in [4.78, 5) is 18.8. The normalized spacial score (nSPS) is 16.6. The number of nitrogen functional groups attached to an aromatic ring is 1. The van der Waals surface area contributed by atoms with Crippen LogP contribution in [0.25, 0.3) is 0 Å². The third-order valence-corrected chi connectivity index (χ3v) is 4.31. The molecule has 1 aromatic rings. The first-order valence-electron chi connectivity index (χ1n) is 6.05. The smallest absolute Gasteiger partial charge is 0.267 e. The molecule has 1 aromatic heterocycles. The molecule has 1 aliphatic heterocycles. The number of piperidine rings is 1. The van der Waals surface area contributed by atoms with Crippen LogP contribution in [-0.4, -0.2) is 49.0 Å². The summed E-state index contributed by atoms with van der Waals surface area (Å²) in [5, 5.41) is 6.87. The maximum Gasteiger partial charge on any atom is 0.267 e. The van der Waals surface area contributed by atoms with Crippen LogP contribution >= 0.6 is 11.3 Å². The molecule has 18 heavy (non-hydrogen) atoms. The zero-order valence-corrected chi connectivity index (χ0v) is 11.5. The topological polar surface area (TPSA) is 83.3 Å². The Labute approximate surface area is 111 Å². The monoisotopic (exact) mass is 269 g/mol. The van der Waals surface area contributed by atoms with Gasteiger partial charge in [-0.3, -0.25) is 4.79 Å². The molecule has 1 aliphatic rings. The van der Waals surface area contributed by atoms with Crippen LogP contribution in [0, 0.1) is 0 Å². The summed E-state index contributed by atoms with van der Waals surface area (Å²) in [5.41, 5.74) is 5.78. The maximum atomic E-state index is 12.4. The Hall–Kier alpha value is -1.34. The number of rotatable bonds is 3. The molecule has 0 saturated carbocycles. The number of nitrogens with two attached hydrogens (primary N) is 1. The van der Waals surface area contributed by atoms with Crippen molar-refractivity contribution in [1.82, 2.24) is 15.2 Å². The van der Waals surface area contributed by atoms with Gasteiger partial charge in [0.15, 0.2) is 5.13 Å². The zero-order valence-electron chi connectivity index (χ0n) is 10.7. The Morgan fingerprint density at radius 3 is 2.78 bits per heavy atom. The van der Waals surface area contributed by atoms with E-state index >= 15 is 0 Å². The van der Waals surface area contributed by atoms with Gasteiger partial charge in [0.1, 0.15) is 10.7 Å². The number of anilines is 2. The van der Waals surface area contributed by atoms with Crippen molar-refractivity contribution in [3.63, 3.8) is 0 Å². The molecule has 0 spiro atoms. The van der Waals surface area contributed by atoms with E-state index in [1.54, 1.807) is 11.9 Å². The SMILES string of the molecule is CNc1nc(N)c(C(=O)N(C)C2CCNCC2)s1. The molecule has 1 amide bonds. The predicted octanol–water partition coefficient (Wildman–Crippen LogP) is 0.591. The summed E-state index contributed by atoms with van der Waals surface area (Å²) in [6.07, 6.45) is 1.97. The van der Waals surface area contributed by atoms with Gasteiger partial charge in [0.2, 0.25) is 0 Å². The number of amides is 1. The Kier molecular flexibility index (Phi) is 4.03. The van der Waals surface area contributed by atoms with Gasteiger partial charge in [0.05, 0.1) is 0 Å². The number of thiazole rings is 1. The first-order chi connectivity index (χ1) is 8.63. The second kappa shape index (κ2) is 5.53. The summed E-state index contributed by atoms with van der Waals surface area (Å²) >= 11 is 1.31. The Balaban J connectivity index is 2.11. The highest BCUT2D eigenvalue weighted by atomic mass is 32.1. The van der Waals surface area contributed by atoms with Crippen LogP contribution in [0.1, 0.15) is 22.5 Å². The van der Waals surface area contributed by atoms with Crippen molar-refractivity contribution in [2.24, 2.45) is 0 Å². The van der Waals surface area contributed by atoms with E-state index in [0.29, 0.717) is 21.9 Å². The van der Waals surface area contributed by atoms with Crippen LogP contribution in [0.15, 0.2) is 0 Å². The number of carbonyl (C=O) groups is 1. The molecule has 1 saturated heterocycles. The van der Waals surface area contributed by atoms with E-state index in [4.69, 9.17) is 5.73 Å². The van der Waals surface area contributed by atoms with Crippen molar-refractivity contribution < 1.29 is 4.79 Å². The lowest BCUT2D eigenvalue weighted by Crippen LogP contribution is -2.43. The Bertz CT molecular complexity index is 427. The lowest BCUT2D eigenvalue weighted by atomic mass is 10.1. The number of aromatic nitrogens is 1. The molecule has 2 rings (SSSR count). The van der Waals surface area contributed by atoms with Gasteiger partial charge in [0, 0.05) is 20.1 Å². The first-order valence-corrected chi connectivity index (χ1v) is 6.87. The van der Waals surface area contributed by atoms with Gasteiger partial charge in [-0.1, -0.05) is 11.3 Å². The molecule has 2 heterocycles. The van der Waals surface area contributed by atoms with Crippen LogP contribution in [0.3, 0.4) is 0 Å². The van der Waals surface area contributed by atoms with Gasteiger partial charge in [-0.25, -0.2) is 4.98 Å². The summed E-state index contributed by atoms with van der Waals surface area (Å²) in [6, 6.07) is 0.290. The summed E-state index contributed by atoms with van der Waals surface area (Å²) < 4.78 is 0. The number of nitrogens with one attached hydrogen (secondary N) is 2. The highest BCUT2D eigenvalue weighted by Gasteiger charge is 2.26. The highest BCUT2D eigenvalue weighted by molar-refractivity contribution is 7.18. The second-order valence-corrected chi connectivity index (χ2v) is 5.38. The van der Waals surface area contributed by atoms with Gasteiger partial charge >= 0.3 is 0 Å². The van der Waals surface area contributed by atoms with E-state index in [1.165, 1.54) is 11.3 Å². The van der Waals surface area contributed by atoms with Crippen LogP contribution in [0.5, 0.6) is 0 Å². The van der Waals surface area contributed by atoms with Crippen LogP contribution in [-0.2, 0) is 0 Å². The minimum atomic E-state index is -0.0293. The molecule has 6 nitrogen and oxygen atoms in total. The van der Waals surface area contributed by atoms with E-state index in [0.717, 1.165) is 25.9 Å². The molecule has 7 heteroatoms. The van der Waals surface area contributed by atoms with Crippen LogP contribution in [0.4, 0.5) is 10.9 Å². The largest absolute Gasteiger partial charge is 0.382 e. The van der Waals surface area contributed by atoms with E-state index in [9.17, 15) is 4.79 Å². The number of nitrogens with zero attached hydrogens (tertiary/aromatic N) is 2. The van der Waals surface area contributed by atoms with Crippen LogP contribution in [0.2, 0.25) is 0 Å². The zero-order chi connectivity index (χ0) is 13.1. The number of hydrogen-bond donors (Lipinski definition) is 3. The molecule has 0 atom stereocenters. The molecular weight excluding hydrogens is 250 g/mol. The molecule has 1 fully saturated rings. The fourth-order valence-electron chi connectivity index (χ4n) is 2.11. The fourth-order valence-corrected chi connectivity index (χ4v) is 2.93. The number of carbonyl (C=O) groups excluding carboxylic acids is 1. The average Bonchev–Trinajstić information content (AvgIpc) is 2.79. The molecule has 0 radical (unpaired) electrons. The van der Waals surface area contributed by atoms with Crippen molar-refractivity contribution >= 4 is 28.2 Å². The molecule has 0 bridgehead atoms. The lowest BCUT2D eigenvalue weighted by Gasteiger charge is -2.31. The van der Waals surface area contributed by atoms with Gasteiger partial charge in [-0.15, -0.1) is 0 Å². The van der Waals surface area contributed by atoms with Crippen molar-refractivity contribution in [2.45, 2.75) is 18.9 Å². The molecule has 0 unspecified atom stereocenters. The standard InChI is InChI=1S/C11H19N5OS/c1-13-11-15-9(12)8(18-11)10(17)16(2)7-3-5-14-6-4-7/h7,14H,3-6,12H2,1-2H3,(H,13,15). The molecule has 4 N–H and O–H groups in total. The molecule has 0 aliphatic carbocycles. The van der Waals surface area contributed by atoms with Crippen LogP contribution < -0.4 is 16.4 Å². The second-order valence-electron chi connectivity index (χ2n) is 4.38. The molecular formula is C11H19N5OS. The van der Waals surface area contributed by atoms with Crippen molar-refractivity contribution in [3.05, 3.63) is 4.88 Å².